The molecule has 0 saturated carbocycles. The third-order valence-electron chi connectivity index (χ3n) is 2.99. The van der Waals surface area contributed by atoms with Gasteiger partial charge in [0.15, 0.2) is 6.61 Å². The van der Waals surface area contributed by atoms with Crippen LogP contribution in [0.25, 0.3) is 0 Å². The number of amides is 1. The van der Waals surface area contributed by atoms with Gasteiger partial charge in [-0.3, -0.25) is 9.59 Å². The molecule has 0 bridgehead atoms. The zero-order valence-corrected chi connectivity index (χ0v) is 11.6. The van der Waals surface area contributed by atoms with Gasteiger partial charge in [-0.1, -0.05) is 6.07 Å². The Morgan fingerprint density at radius 3 is 3.10 bits per heavy atom. The van der Waals surface area contributed by atoms with Crippen molar-refractivity contribution in [2.45, 2.75) is 19.9 Å². The van der Waals surface area contributed by atoms with Gasteiger partial charge in [0, 0.05) is 6.04 Å². The number of fused-ring (bicyclic) bond motifs is 1. The highest BCUT2D eigenvalue weighted by atomic mass is 16.5. The summed E-state index contributed by atoms with van der Waals surface area (Å²) >= 11 is 0. The first-order valence-electron chi connectivity index (χ1n) is 6.55. The van der Waals surface area contributed by atoms with Gasteiger partial charge >= 0.3 is 5.97 Å². The Kier molecular flexibility index (Phi) is 4.57. The maximum Gasteiger partial charge on any atom is 0.319 e. The van der Waals surface area contributed by atoms with Gasteiger partial charge in [-0.25, -0.2) is 0 Å². The maximum atomic E-state index is 11.3. The molecule has 2 rings (SSSR count). The van der Waals surface area contributed by atoms with E-state index in [0.717, 1.165) is 5.56 Å². The average molecular weight is 278 g/mol. The van der Waals surface area contributed by atoms with Crippen LogP contribution in [-0.4, -0.2) is 31.6 Å². The second-order valence-electron chi connectivity index (χ2n) is 4.50. The van der Waals surface area contributed by atoms with E-state index in [0.29, 0.717) is 18.0 Å². The van der Waals surface area contributed by atoms with Crippen LogP contribution in [0.2, 0.25) is 0 Å². The number of hydrogen-bond acceptors (Lipinski definition) is 5. The van der Waals surface area contributed by atoms with E-state index in [1.165, 1.54) is 0 Å². The van der Waals surface area contributed by atoms with Crippen LogP contribution in [0.5, 0.6) is 5.75 Å². The molecule has 0 aromatic heterocycles. The van der Waals surface area contributed by atoms with Crippen molar-refractivity contribution in [1.29, 1.82) is 0 Å². The fourth-order valence-electron chi connectivity index (χ4n) is 1.94. The lowest BCUT2D eigenvalue weighted by Gasteiger charge is -2.20. The highest BCUT2D eigenvalue weighted by Gasteiger charge is 2.17. The lowest BCUT2D eigenvalue weighted by Crippen LogP contribution is -2.28. The molecule has 1 aliphatic heterocycles. The fourth-order valence-corrected chi connectivity index (χ4v) is 1.94. The van der Waals surface area contributed by atoms with Crippen LogP contribution in [0.3, 0.4) is 0 Å². The van der Waals surface area contributed by atoms with Gasteiger partial charge in [0.25, 0.3) is 5.91 Å². The third-order valence-corrected chi connectivity index (χ3v) is 2.99. The van der Waals surface area contributed by atoms with Gasteiger partial charge in [-0.15, -0.1) is 0 Å². The first-order chi connectivity index (χ1) is 9.60. The maximum absolute atomic E-state index is 11.3. The summed E-state index contributed by atoms with van der Waals surface area (Å²) in [6.07, 6.45) is 0. The molecule has 0 spiro atoms. The number of esters is 1. The summed E-state index contributed by atoms with van der Waals surface area (Å²) < 4.78 is 10.1. The van der Waals surface area contributed by atoms with E-state index in [9.17, 15) is 9.59 Å². The van der Waals surface area contributed by atoms with Crippen molar-refractivity contribution >= 4 is 17.6 Å². The van der Waals surface area contributed by atoms with Crippen LogP contribution < -0.4 is 15.4 Å². The van der Waals surface area contributed by atoms with Gasteiger partial charge in [-0.2, -0.15) is 0 Å². The molecule has 6 nitrogen and oxygen atoms in total. The molecule has 108 valence electrons. The largest absolute Gasteiger partial charge is 0.482 e. The number of ether oxygens (including phenoxy) is 2. The van der Waals surface area contributed by atoms with E-state index in [4.69, 9.17) is 9.47 Å². The number of benzene rings is 1. The van der Waals surface area contributed by atoms with E-state index in [1.807, 2.05) is 25.1 Å². The Morgan fingerprint density at radius 1 is 1.55 bits per heavy atom. The second-order valence-corrected chi connectivity index (χ2v) is 4.50. The minimum absolute atomic E-state index is 0.0384. The Hall–Kier alpha value is -2.08. The third kappa shape index (κ3) is 3.48. The number of carbonyl (C=O) groups is 2. The normalized spacial score (nSPS) is 14.8. The zero-order valence-electron chi connectivity index (χ0n) is 11.6. The van der Waals surface area contributed by atoms with Crippen LogP contribution in [0.15, 0.2) is 18.2 Å². The van der Waals surface area contributed by atoms with Crippen molar-refractivity contribution in [2.24, 2.45) is 0 Å². The van der Waals surface area contributed by atoms with Gasteiger partial charge < -0.3 is 20.1 Å². The smallest absolute Gasteiger partial charge is 0.319 e. The van der Waals surface area contributed by atoms with Crippen molar-refractivity contribution in [3.63, 3.8) is 0 Å². The first kappa shape index (κ1) is 14.3. The zero-order chi connectivity index (χ0) is 14.5. The second kappa shape index (κ2) is 6.38. The number of anilines is 1. The molecular weight excluding hydrogens is 260 g/mol. The van der Waals surface area contributed by atoms with Crippen LogP contribution >= 0.6 is 0 Å². The van der Waals surface area contributed by atoms with Crippen LogP contribution in [-0.2, 0) is 14.3 Å². The average Bonchev–Trinajstić information content (AvgIpc) is 2.44. The molecule has 0 aliphatic carbocycles. The molecular formula is C14H18N2O4. The first-order valence-corrected chi connectivity index (χ1v) is 6.55. The van der Waals surface area contributed by atoms with Gasteiger partial charge in [0.1, 0.15) is 5.75 Å². The molecule has 1 atom stereocenters. The molecule has 1 aliphatic rings. The molecule has 1 unspecified atom stereocenters. The number of hydrogen-bond donors (Lipinski definition) is 2. The van der Waals surface area contributed by atoms with Gasteiger partial charge in [-0.05, 0) is 31.5 Å². The number of carbonyl (C=O) groups excluding carboxylic acids is 2. The topological polar surface area (TPSA) is 76.7 Å². The molecule has 1 heterocycles. The van der Waals surface area contributed by atoms with Crippen molar-refractivity contribution in [3.8, 4) is 5.75 Å². The minimum Gasteiger partial charge on any atom is -0.482 e. The summed E-state index contributed by atoms with van der Waals surface area (Å²) in [5.74, 6) is 0.210. The summed E-state index contributed by atoms with van der Waals surface area (Å²) in [6.45, 7) is 4.27. The SMILES string of the molecule is CCOC(=O)CNC(C)c1ccc2c(c1)NC(=O)CO2. The van der Waals surface area contributed by atoms with E-state index < -0.39 is 0 Å². The van der Waals surface area contributed by atoms with E-state index in [2.05, 4.69) is 10.6 Å². The van der Waals surface area contributed by atoms with Crippen molar-refractivity contribution < 1.29 is 19.1 Å². The molecule has 0 radical (unpaired) electrons. The number of rotatable bonds is 5. The fraction of sp³-hybridized carbons (Fsp3) is 0.429. The Labute approximate surface area is 117 Å². The lowest BCUT2D eigenvalue weighted by molar-refractivity contribution is -0.142. The van der Waals surface area contributed by atoms with Crippen LogP contribution in [0.1, 0.15) is 25.5 Å². The molecule has 1 aromatic carbocycles. The summed E-state index contributed by atoms with van der Waals surface area (Å²) in [7, 11) is 0. The van der Waals surface area contributed by atoms with Gasteiger partial charge in [0.05, 0.1) is 18.8 Å². The highest BCUT2D eigenvalue weighted by molar-refractivity contribution is 5.95. The van der Waals surface area contributed by atoms with Gasteiger partial charge in [0.2, 0.25) is 0 Å². The monoisotopic (exact) mass is 278 g/mol. The molecule has 0 fully saturated rings. The van der Waals surface area contributed by atoms with E-state index in [-0.39, 0.29) is 31.1 Å². The predicted molar refractivity (Wildman–Crippen MR) is 73.6 cm³/mol. The number of nitrogens with one attached hydrogen (secondary N) is 2. The predicted octanol–water partition coefficient (Wildman–Crippen LogP) is 1.23. The Morgan fingerprint density at radius 2 is 2.35 bits per heavy atom. The molecule has 0 saturated heterocycles. The Balaban J connectivity index is 2.00. The van der Waals surface area contributed by atoms with Crippen molar-refractivity contribution in [3.05, 3.63) is 23.8 Å². The summed E-state index contributed by atoms with van der Waals surface area (Å²) in [6, 6.07) is 5.52. The molecule has 1 amide bonds. The van der Waals surface area contributed by atoms with Crippen molar-refractivity contribution in [1.82, 2.24) is 5.32 Å². The van der Waals surface area contributed by atoms with Crippen molar-refractivity contribution in [2.75, 3.05) is 25.1 Å². The Bertz CT molecular complexity index is 516. The molecule has 20 heavy (non-hydrogen) atoms. The lowest BCUT2D eigenvalue weighted by atomic mass is 10.1. The molecule has 2 N–H and O–H groups in total. The minimum atomic E-state index is -0.283. The van der Waals surface area contributed by atoms with Crippen LogP contribution in [0.4, 0.5) is 5.69 Å². The molecule has 6 heteroatoms. The summed E-state index contributed by atoms with van der Waals surface area (Å²) in [5.41, 5.74) is 1.61. The molecule has 1 aromatic rings. The standard InChI is InChI=1S/C14H18N2O4/c1-3-19-14(18)7-15-9(2)10-4-5-12-11(6-10)16-13(17)8-20-12/h4-6,9,15H,3,7-8H2,1-2H3,(H,16,17). The quantitative estimate of drug-likeness (QED) is 0.792. The highest BCUT2D eigenvalue weighted by Crippen LogP contribution is 2.30. The van der Waals surface area contributed by atoms with E-state index in [1.54, 1.807) is 6.92 Å². The summed E-state index contributed by atoms with van der Waals surface area (Å²) in [4.78, 5) is 22.6. The summed E-state index contributed by atoms with van der Waals surface area (Å²) in [5, 5.41) is 5.83. The van der Waals surface area contributed by atoms with E-state index >= 15 is 0 Å². The van der Waals surface area contributed by atoms with Crippen LogP contribution in [0, 0.1) is 0 Å².